The van der Waals surface area contributed by atoms with Gasteiger partial charge in [0.25, 0.3) is 0 Å². The van der Waals surface area contributed by atoms with Crippen molar-refractivity contribution < 1.29 is 13.2 Å². The van der Waals surface area contributed by atoms with Gasteiger partial charge in [0, 0.05) is 20.2 Å². The Labute approximate surface area is 134 Å². The van der Waals surface area contributed by atoms with Crippen LogP contribution in [0.2, 0.25) is 0 Å². The molecule has 1 fully saturated rings. The molecule has 5 heteroatoms. The van der Waals surface area contributed by atoms with Crippen LogP contribution in [-0.4, -0.2) is 39.5 Å². The minimum atomic E-state index is -3.42. The molecule has 1 aromatic carbocycles. The molecule has 1 aromatic rings. The summed E-state index contributed by atoms with van der Waals surface area (Å²) in [5.74, 6) is 0.537. The van der Waals surface area contributed by atoms with Crippen LogP contribution in [-0.2, 0) is 14.8 Å². The van der Waals surface area contributed by atoms with Crippen LogP contribution in [0.25, 0.3) is 0 Å². The minimum Gasteiger partial charge on any atom is -0.384 e. The number of hydrogen-bond donors (Lipinski definition) is 0. The second-order valence-electron chi connectivity index (χ2n) is 6.17. The van der Waals surface area contributed by atoms with Crippen molar-refractivity contribution in [3.63, 3.8) is 0 Å². The third-order valence-corrected chi connectivity index (χ3v) is 6.50. The van der Waals surface area contributed by atoms with Crippen molar-refractivity contribution in [1.82, 2.24) is 4.31 Å². The van der Waals surface area contributed by atoms with Crippen molar-refractivity contribution in [2.75, 3.05) is 26.8 Å². The second kappa shape index (κ2) is 7.57. The number of sulfonamides is 1. The Morgan fingerprint density at radius 1 is 1.36 bits per heavy atom. The highest BCUT2D eigenvalue weighted by molar-refractivity contribution is 7.89. The summed E-state index contributed by atoms with van der Waals surface area (Å²) in [5.41, 5.74) is 0.930. The fourth-order valence-electron chi connectivity index (χ4n) is 3.10. The highest BCUT2D eigenvalue weighted by Gasteiger charge is 2.32. The highest BCUT2D eigenvalue weighted by atomic mass is 32.2. The zero-order valence-electron chi connectivity index (χ0n) is 13.8. The molecule has 0 saturated carbocycles. The summed E-state index contributed by atoms with van der Waals surface area (Å²) in [6.07, 6.45) is 2.87. The number of hydrogen-bond acceptors (Lipinski definition) is 3. The molecule has 1 saturated heterocycles. The van der Waals surface area contributed by atoms with E-state index in [4.69, 9.17) is 4.74 Å². The SMILES string of the molecule is CCC(C)c1ccccc1S(=O)(=O)N1CCCC(COC)C1. The van der Waals surface area contributed by atoms with Crippen molar-refractivity contribution in [1.29, 1.82) is 0 Å². The summed E-state index contributed by atoms with van der Waals surface area (Å²) in [7, 11) is -1.75. The lowest BCUT2D eigenvalue weighted by Gasteiger charge is -2.32. The van der Waals surface area contributed by atoms with Crippen LogP contribution in [0, 0.1) is 5.92 Å². The van der Waals surface area contributed by atoms with Crippen molar-refractivity contribution in [2.24, 2.45) is 5.92 Å². The van der Waals surface area contributed by atoms with E-state index in [0.29, 0.717) is 30.5 Å². The molecule has 0 radical (unpaired) electrons. The van der Waals surface area contributed by atoms with E-state index in [2.05, 4.69) is 13.8 Å². The summed E-state index contributed by atoms with van der Waals surface area (Å²) in [6.45, 7) is 5.96. The number of benzene rings is 1. The van der Waals surface area contributed by atoms with Gasteiger partial charge in [-0.05, 0) is 42.7 Å². The Morgan fingerprint density at radius 3 is 2.77 bits per heavy atom. The van der Waals surface area contributed by atoms with Gasteiger partial charge in [0.05, 0.1) is 11.5 Å². The molecule has 124 valence electrons. The molecule has 2 atom stereocenters. The molecule has 2 unspecified atom stereocenters. The van der Waals surface area contributed by atoms with Gasteiger partial charge in [0.15, 0.2) is 0 Å². The number of methoxy groups -OCH3 is 1. The summed E-state index contributed by atoms with van der Waals surface area (Å²) in [6, 6.07) is 7.42. The second-order valence-corrected chi connectivity index (χ2v) is 8.08. The molecule has 0 aromatic heterocycles. The number of piperidine rings is 1. The van der Waals surface area contributed by atoms with E-state index in [1.807, 2.05) is 18.2 Å². The van der Waals surface area contributed by atoms with E-state index in [0.717, 1.165) is 24.8 Å². The molecular formula is C17H27NO3S. The quantitative estimate of drug-likeness (QED) is 0.806. The van der Waals surface area contributed by atoms with Gasteiger partial charge < -0.3 is 4.74 Å². The lowest BCUT2D eigenvalue weighted by Crippen LogP contribution is -2.41. The Balaban J connectivity index is 2.30. The van der Waals surface area contributed by atoms with E-state index < -0.39 is 10.0 Å². The molecule has 0 aliphatic carbocycles. The molecular weight excluding hydrogens is 298 g/mol. The maximum absolute atomic E-state index is 13.1. The average molecular weight is 325 g/mol. The smallest absolute Gasteiger partial charge is 0.243 e. The van der Waals surface area contributed by atoms with E-state index in [1.54, 1.807) is 17.5 Å². The Hall–Kier alpha value is -0.910. The van der Waals surface area contributed by atoms with Crippen LogP contribution < -0.4 is 0 Å². The standard InChI is InChI=1S/C17H27NO3S/c1-4-14(2)16-9-5-6-10-17(16)22(19,20)18-11-7-8-15(12-18)13-21-3/h5-6,9-10,14-15H,4,7-8,11-13H2,1-3H3. The molecule has 0 spiro atoms. The Kier molecular flexibility index (Phi) is 6.01. The predicted molar refractivity (Wildman–Crippen MR) is 88.5 cm³/mol. The van der Waals surface area contributed by atoms with Crippen molar-refractivity contribution in [3.05, 3.63) is 29.8 Å². The molecule has 1 aliphatic heterocycles. The topological polar surface area (TPSA) is 46.6 Å². The van der Waals surface area contributed by atoms with E-state index in [9.17, 15) is 8.42 Å². The first-order valence-corrected chi connectivity index (χ1v) is 9.52. The fourth-order valence-corrected chi connectivity index (χ4v) is 4.97. The van der Waals surface area contributed by atoms with E-state index in [-0.39, 0.29) is 5.92 Å². The Morgan fingerprint density at radius 2 is 2.09 bits per heavy atom. The molecule has 22 heavy (non-hydrogen) atoms. The lowest BCUT2D eigenvalue weighted by molar-refractivity contribution is 0.118. The van der Waals surface area contributed by atoms with Crippen molar-refractivity contribution >= 4 is 10.0 Å². The summed E-state index contributed by atoms with van der Waals surface area (Å²) in [5, 5.41) is 0. The van der Waals surface area contributed by atoms with Crippen LogP contribution in [0.3, 0.4) is 0 Å². The number of nitrogens with zero attached hydrogens (tertiary/aromatic N) is 1. The molecule has 0 amide bonds. The summed E-state index contributed by atoms with van der Waals surface area (Å²) < 4.78 is 33.0. The highest BCUT2D eigenvalue weighted by Crippen LogP contribution is 2.30. The van der Waals surface area contributed by atoms with Gasteiger partial charge in [-0.1, -0.05) is 32.0 Å². The maximum atomic E-state index is 13.1. The maximum Gasteiger partial charge on any atom is 0.243 e. The first-order valence-electron chi connectivity index (χ1n) is 8.08. The van der Waals surface area contributed by atoms with Crippen LogP contribution in [0.15, 0.2) is 29.2 Å². The molecule has 0 N–H and O–H groups in total. The van der Waals surface area contributed by atoms with Crippen molar-refractivity contribution in [3.8, 4) is 0 Å². The van der Waals surface area contributed by atoms with Crippen LogP contribution in [0.4, 0.5) is 0 Å². The van der Waals surface area contributed by atoms with Crippen LogP contribution in [0.1, 0.15) is 44.6 Å². The van der Waals surface area contributed by atoms with Gasteiger partial charge in [0.1, 0.15) is 0 Å². The largest absolute Gasteiger partial charge is 0.384 e. The Bertz CT molecular complexity index is 583. The predicted octanol–water partition coefficient (Wildman–Crippen LogP) is 3.25. The minimum absolute atomic E-state index is 0.241. The van der Waals surface area contributed by atoms with Crippen molar-refractivity contribution in [2.45, 2.75) is 43.9 Å². The van der Waals surface area contributed by atoms with Gasteiger partial charge in [-0.15, -0.1) is 0 Å². The molecule has 4 nitrogen and oxygen atoms in total. The fraction of sp³-hybridized carbons (Fsp3) is 0.647. The summed E-state index contributed by atoms with van der Waals surface area (Å²) >= 11 is 0. The van der Waals surface area contributed by atoms with Gasteiger partial charge in [-0.2, -0.15) is 4.31 Å². The number of ether oxygens (including phenoxy) is 1. The third-order valence-electron chi connectivity index (χ3n) is 4.56. The van der Waals surface area contributed by atoms with Gasteiger partial charge >= 0.3 is 0 Å². The van der Waals surface area contributed by atoms with E-state index in [1.165, 1.54) is 0 Å². The molecule has 1 heterocycles. The van der Waals surface area contributed by atoms with Crippen LogP contribution >= 0.6 is 0 Å². The van der Waals surface area contributed by atoms with Gasteiger partial charge in [-0.3, -0.25) is 0 Å². The third kappa shape index (κ3) is 3.70. The van der Waals surface area contributed by atoms with Gasteiger partial charge in [-0.25, -0.2) is 8.42 Å². The summed E-state index contributed by atoms with van der Waals surface area (Å²) in [4.78, 5) is 0.474. The monoisotopic (exact) mass is 325 g/mol. The number of rotatable bonds is 6. The first-order chi connectivity index (χ1) is 10.5. The first kappa shape index (κ1) is 17.4. The molecule has 1 aliphatic rings. The van der Waals surface area contributed by atoms with Gasteiger partial charge in [0.2, 0.25) is 10.0 Å². The zero-order chi connectivity index (χ0) is 16.2. The average Bonchev–Trinajstić information content (AvgIpc) is 2.54. The lowest BCUT2D eigenvalue weighted by atomic mass is 9.99. The normalized spacial score (nSPS) is 21.7. The van der Waals surface area contributed by atoms with Crippen LogP contribution in [0.5, 0.6) is 0 Å². The van der Waals surface area contributed by atoms with E-state index >= 15 is 0 Å². The zero-order valence-corrected chi connectivity index (χ0v) is 14.6. The molecule has 2 rings (SSSR count). The molecule has 0 bridgehead atoms.